The highest BCUT2D eigenvalue weighted by Gasteiger charge is 2.11. The van der Waals surface area contributed by atoms with E-state index < -0.39 is 5.97 Å². The van der Waals surface area contributed by atoms with E-state index in [9.17, 15) is 14.3 Å². The molecule has 4 rings (SSSR count). The van der Waals surface area contributed by atoms with E-state index in [4.69, 9.17) is 0 Å². The van der Waals surface area contributed by atoms with Crippen molar-refractivity contribution in [2.24, 2.45) is 0 Å². The van der Waals surface area contributed by atoms with E-state index in [1.165, 1.54) is 12.1 Å². The summed E-state index contributed by atoms with van der Waals surface area (Å²) in [5, 5.41) is 13.6. The molecule has 0 saturated heterocycles. The summed E-state index contributed by atoms with van der Waals surface area (Å²) < 4.78 is 13.1. The number of hydrogen-bond donors (Lipinski definition) is 3. The predicted octanol–water partition coefficient (Wildman–Crippen LogP) is 5.92. The molecule has 4 nitrogen and oxygen atoms in total. The van der Waals surface area contributed by atoms with Crippen LogP contribution in [0.2, 0.25) is 0 Å². The Morgan fingerprint density at radius 1 is 1.00 bits per heavy atom. The number of carboxylic acid groups (broad SMARTS) is 1. The first kappa shape index (κ1) is 17.5. The molecule has 138 valence electrons. The molecule has 0 saturated carbocycles. The maximum absolute atomic E-state index is 13.1. The molecule has 1 aromatic heterocycles. The van der Waals surface area contributed by atoms with Crippen molar-refractivity contribution in [3.8, 4) is 0 Å². The molecule has 4 aromatic rings. The number of H-pyrrole nitrogens is 1. The zero-order valence-corrected chi connectivity index (χ0v) is 14.8. The third kappa shape index (κ3) is 3.64. The van der Waals surface area contributed by atoms with Crippen LogP contribution in [0.5, 0.6) is 0 Å². The second-order valence-electron chi connectivity index (χ2n) is 6.36. The average molecular weight is 372 g/mol. The molecular weight excluding hydrogens is 355 g/mol. The van der Waals surface area contributed by atoms with Gasteiger partial charge in [-0.25, -0.2) is 9.18 Å². The van der Waals surface area contributed by atoms with E-state index in [-0.39, 0.29) is 11.4 Å². The highest BCUT2D eigenvalue weighted by atomic mass is 19.1. The molecule has 3 N–H and O–H groups in total. The smallest absolute Gasteiger partial charge is 0.337 e. The second-order valence-corrected chi connectivity index (χ2v) is 6.36. The lowest BCUT2D eigenvalue weighted by Gasteiger charge is -2.11. The fourth-order valence-electron chi connectivity index (χ4n) is 3.09. The third-order valence-electron chi connectivity index (χ3n) is 4.48. The maximum Gasteiger partial charge on any atom is 0.337 e. The number of carboxylic acids is 1. The van der Waals surface area contributed by atoms with Gasteiger partial charge in [0.05, 0.1) is 11.3 Å². The Balaban J connectivity index is 1.67. The van der Waals surface area contributed by atoms with E-state index in [2.05, 4.69) is 10.3 Å². The fourth-order valence-corrected chi connectivity index (χ4v) is 3.09. The average Bonchev–Trinajstić information content (AvgIpc) is 3.17. The summed E-state index contributed by atoms with van der Waals surface area (Å²) in [4.78, 5) is 14.7. The van der Waals surface area contributed by atoms with Crippen molar-refractivity contribution in [2.45, 2.75) is 0 Å². The van der Waals surface area contributed by atoms with Crippen LogP contribution < -0.4 is 5.32 Å². The quantitative estimate of drug-likeness (QED) is 0.381. The molecule has 0 atom stereocenters. The lowest BCUT2D eigenvalue weighted by atomic mass is 10.1. The number of hydrogen-bond acceptors (Lipinski definition) is 2. The number of carbonyl (C=O) groups is 1. The minimum atomic E-state index is -1.03. The van der Waals surface area contributed by atoms with Crippen molar-refractivity contribution in [1.29, 1.82) is 0 Å². The number of aromatic nitrogens is 1. The molecule has 5 heteroatoms. The summed E-state index contributed by atoms with van der Waals surface area (Å²) in [6.45, 7) is 0. The first-order chi connectivity index (χ1) is 13.6. The maximum atomic E-state index is 13.1. The summed E-state index contributed by atoms with van der Waals surface area (Å²) in [6, 6.07) is 18.9. The van der Waals surface area contributed by atoms with E-state index >= 15 is 0 Å². The van der Waals surface area contributed by atoms with Gasteiger partial charge in [0.1, 0.15) is 5.82 Å². The van der Waals surface area contributed by atoms with E-state index in [1.807, 2.05) is 42.6 Å². The zero-order chi connectivity index (χ0) is 19.5. The van der Waals surface area contributed by atoms with Crippen LogP contribution in [0.1, 0.15) is 21.5 Å². The molecule has 3 aromatic carbocycles. The minimum Gasteiger partial charge on any atom is -0.478 e. The highest BCUT2D eigenvalue weighted by Crippen LogP contribution is 2.25. The van der Waals surface area contributed by atoms with Crippen LogP contribution in [0.15, 0.2) is 72.9 Å². The van der Waals surface area contributed by atoms with Gasteiger partial charge >= 0.3 is 5.97 Å². The minimum absolute atomic E-state index is 0.147. The van der Waals surface area contributed by atoms with E-state index in [1.54, 1.807) is 30.3 Å². The van der Waals surface area contributed by atoms with Gasteiger partial charge in [-0.3, -0.25) is 0 Å². The van der Waals surface area contributed by atoms with Gasteiger partial charge in [0.25, 0.3) is 0 Å². The molecule has 0 unspecified atom stereocenters. The molecule has 0 aliphatic carbocycles. The van der Waals surface area contributed by atoms with Gasteiger partial charge in [-0.05, 0) is 59.7 Å². The van der Waals surface area contributed by atoms with Gasteiger partial charge < -0.3 is 15.4 Å². The lowest BCUT2D eigenvalue weighted by molar-refractivity contribution is 0.0698. The highest BCUT2D eigenvalue weighted by molar-refractivity contribution is 5.96. The Kier molecular flexibility index (Phi) is 4.64. The number of aromatic amines is 1. The molecule has 0 amide bonds. The molecule has 0 spiro atoms. The predicted molar refractivity (Wildman–Crippen MR) is 110 cm³/mol. The first-order valence-corrected chi connectivity index (χ1v) is 8.74. The first-order valence-electron chi connectivity index (χ1n) is 8.74. The Morgan fingerprint density at radius 2 is 1.82 bits per heavy atom. The SMILES string of the molecule is O=C(O)c1ccc(C=Cc2cccc3[nH]ccc23)cc1Nc1ccc(F)cc1. The number of aromatic carboxylic acids is 1. The molecule has 28 heavy (non-hydrogen) atoms. The fraction of sp³-hybridized carbons (Fsp3) is 0. The number of halogens is 1. The second kappa shape index (κ2) is 7.40. The van der Waals surface area contributed by atoms with Crippen molar-refractivity contribution in [1.82, 2.24) is 4.98 Å². The number of fused-ring (bicyclic) bond motifs is 1. The summed E-state index contributed by atoms with van der Waals surface area (Å²) >= 11 is 0. The van der Waals surface area contributed by atoms with Crippen LogP contribution in [0.3, 0.4) is 0 Å². The largest absolute Gasteiger partial charge is 0.478 e. The monoisotopic (exact) mass is 372 g/mol. The Labute approximate surface area is 161 Å². The van der Waals surface area contributed by atoms with Gasteiger partial charge in [-0.1, -0.05) is 30.4 Å². The number of nitrogens with one attached hydrogen (secondary N) is 2. The number of rotatable bonds is 5. The van der Waals surface area contributed by atoms with Crippen molar-refractivity contribution in [2.75, 3.05) is 5.32 Å². The standard InChI is InChI=1S/C23H17FN2O2/c24-17-7-9-18(10-8-17)26-22-14-15(5-11-20(22)23(27)28)4-6-16-2-1-3-21-19(16)12-13-25-21/h1-14,25-26H,(H,27,28). The van der Waals surface area contributed by atoms with Crippen LogP contribution in [0.25, 0.3) is 23.1 Å². The van der Waals surface area contributed by atoms with Gasteiger partial charge in [0, 0.05) is 22.8 Å². The number of benzene rings is 3. The third-order valence-corrected chi connectivity index (χ3v) is 4.48. The Bertz CT molecular complexity index is 1180. The molecular formula is C23H17FN2O2. The van der Waals surface area contributed by atoms with Gasteiger partial charge in [0.15, 0.2) is 0 Å². The molecule has 0 radical (unpaired) electrons. The topological polar surface area (TPSA) is 65.1 Å². The van der Waals surface area contributed by atoms with Crippen LogP contribution >= 0.6 is 0 Å². The summed E-state index contributed by atoms with van der Waals surface area (Å²) in [7, 11) is 0. The van der Waals surface area contributed by atoms with Gasteiger partial charge in [-0.2, -0.15) is 0 Å². The van der Waals surface area contributed by atoms with Crippen LogP contribution in [0.4, 0.5) is 15.8 Å². The van der Waals surface area contributed by atoms with E-state index in [0.29, 0.717) is 11.4 Å². The molecule has 0 bridgehead atoms. The van der Waals surface area contributed by atoms with Crippen LogP contribution in [-0.2, 0) is 0 Å². The lowest BCUT2D eigenvalue weighted by Crippen LogP contribution is -2.03. The van der Waals surface area contributed by atoms with Crippen molar-refractivity contribution >= 4 is 40.4 Å². The van der Waals surface area contributed by atoms with Crippen molar-refractivity contribution in [3.05, 3.63) is 95.4 Å². The van der Waals surface area contributed by atoms with Crippen molar-refractivity contribution in [3.63, 3.8) is 0 Å². The summed E-state index contributed by atoms with van der Waals surface area (Å²) in [5.74, 6) is -1.38. The normalized spacial score (nSPS) is 11.2. The molecule has 0 aliphatic heterocycles. The molecule has 1 heterocycles. The Hall–Kier alpha value is -3.86. The summed E-state index contributed by atoms with van der Waals surface area (Å²) in [5.41, 5.74) is 4.18. The molecule has 0 fully saturated rings. The molecule has 0 aliphatic rings. The van der Waals surface area contributed by atoms with E-state index in [0.717, 1.165) is 22.0 Å². The zero-order valence-electron chi connectivity index (χ0n) is 14.8. The van der Waals surface area contributed by atoms with Gasteiger partial charge in [-0.15, -0.1) is 0 Å². The van der Waals surface area contributed by atoms with Gasteiger partial charge in [0.2, 0.25) is 0 Å². The number of anilines is 2. The van der Waals surface area contributed by atoms with Crippen molar-refractivity contribution < 1.29 is 14.3 Å². The Morgan fingerprint density at radius 3 is 2.61 bits per heavy atom. The van der Waals surface area contributed by atoms with Crippen LogP contribution in [-0.4, -0.2) is 16.1 Å². The van der Waals surface area contributed by atoms with Crippen LogP contribution in [0, 0.1) is 5.82 Å². The summed E-state index contributed by atoms with van der Waals surface area (Å²) in [6.07, 6.45) is 5.82.